The Bertz CT molecular complexity index is 74.9. The van der Waals surface area contributed by atoms with Crippen molar-refractivity contribution >= 4 is 0 Å². The molecule has 0 unspecified atom stereocenters. The van der Waals surface area contributed by atoms with Gasteiger partial charge in [-0.1, -0.05) is 25.0 Å². The predicted molar refractivity (Wildman–Crippen MR) is 55.7 cm³/mol. The molecule has 0 radical (unpaired) electrons. The molecular weight excluding hydrogens is 134 g/mol. The Labute approximate surface area is 72.0 Å². The Morgan fingerprint density at radius 2 is 1.73 bits per heavy atom. The van der Waals surface area contributed by atoms with Crippen LogP contribution in [0.5, 0.6) is 0 Å². The van der Waals surface area contributed by atoms with Crippen molar-refractivity contribution < 1.29 is 0 Å². The first-order valence-electron chi connectivity index (χ1n) is 4.00. The summed E-state index contributed by atoms with van der Waals surface area (Å²) in [5.74, 6) is 0. The van der Waals surface area contributed by atoms with E-state index < -0.39 is 0 Å². The maximum Gasteiger partial charge on any atom is -0.0195 e. The normalized spacial score (nSPS) is 8.64. The van der Waals surface area contributed by atoms with Gasteiger partial charge in [0.2, 0.25) is 0 Å². The van der Waals surface area contributed by atoms with Crippen molar-refractivity contribution in [1.29, 1.82) is 0 Å². The second kappa shape index (κ2) is 22.7. The van der Waals surface area contributed by atoms with E-state index in [-0.39, 0.29) is 0 Å². The minimum absolute atomic E-state index is 1.26. The van der Waals surface area contributed by atoms with Gasteiger partial charge >= 0.3 is 0 Å². The number of rotatable bonds is 2. The van der Waals surface area contributed by atoms with Crippen LogP contribution in [0.15, 0.2) is 24.8 Å². The number of hydrogen-bond acceptors (Lipinski definition) is 1. The summed E-state index contributed by atoms with van der Waals surface area (Å²) in [7, 11) is 1.50. The van der Waals surface area contributed by atoms with Crippen LogP contribution in [0.1, 0.15) is 33.6 Å². The van der Waals surface area contributed by atoms with Crippen molar-refractivity contribution in [2.45, 2.75) is 33.6 Å². The molecule has 0 aliphatic rings. The zero-order chi connectivity index (χ0) is 9.70. The second-order valence-corrected chi connectivity index (χ2v) is 1.89. The van der Waals surface area contributed by atoms with Crippen molar-refractivity contribution in [3.8, 4) is 0 Å². The highest BCUT2D eigenvalue weighted by Crippen LogP contribution is 2.00. The van der Waals surface area contributed by atoms with Gasteiger partial charge in [0.1, 0.15) is 0 Å². The van der Waals surface area contributed by atoms with E-state index in [0.717, 1.165) is 0 Å². The molecule has 0 aromatic rings. The summed E-state index contributed by atoms with van der Waals surface area (Å²) in [5, 5.41) is 0. The summed E-state index contributed by atoms with van der Waals surface area (Å²) in [5.41, 5.74) is 6.00. The van der Waals surface area contributed by atoms with Crippen LogP contribution < -0.4 is 5.73 Å². The zero-order valence-corrected chi connectivity index (χ0v) is 8.48. The molecule has 11 heavy (non-hydrogen) atoms. The van der Waals surface area contributed by atoms with Gasteiger partial charge in [0.05, 0.1) is 0 Å². The van der Waals surface area contributed by atoms with Gasteiger partial charge in [-0.05, 0) is 27.3 Å². The molecule has 2 N–H and O–H groups in total. The van der Waals surface area contributed by atoms with Gasteiger partial charge in [-0.3, -0.25) is 0 Å². The Balaban J connectivity index is -0.000000138. The first-order valence-corrected chi connectivity index (χ1v) is 4.00. The Morgan fingerprint density at radius 3 is 1.82 bits per heavy atom. The van der Waals surface area contributed by atoms with Gasteiger partial charge in [0.15, 0.2) is 0 Å². The molecular formula is C10H23N. The van der Waals surface area contributed by atoms with Gasteiger partial charge in [-0.25, -0.2) is 0 Å². The van der Waals surface area contributed by atoms with Crippen LogP contribution in [-0.4, -0.2) is 7.05 Å². The van der Waals surface area contributed by atoms with Crippen LogP contribution in [0.25, 0.3) is 0 Å². The minimum Gasteiger partial charge on any atom is -0.333 e. The van der Waals surface area contributed by atoms with E-state index in [1.165, 1.54) is 25.5 Å². The molecule has 0 heterocycles. The molecule has 0 saturated carbocycles. The van der Waals surface area contributed by atoms with Gasteiger partial charge in [-0.2, -0.15) is 0 Å². The van der Waals surface area contributed by atoms with Crippen LogP contribution in [-0.2, 0) is 0 Å². The summed E-state index contributed by atoms with van der Waals surface area (Å²) in [6.45, 7) is 12.5. The largest absolute Gasteiger partial charge is 0.333 e. The minimum atomic E-state index is 1.26. The number of nitrogens with two attached hydrogens (primary N) is 1. The van der Waals surface area contributed by atoms with Crippen molar-refractivity contribution in [3.63, 3.8) is 0 Å². The highest BCUT2D eigenvalue weighted by molar-refractivity contribution is 4.94. The van der Waals surface area contributed by atoms with E-state index in [1.807, 2.05) is 0 Å². The van der Waals surface area contributed by atoms with E-state index in [2.05, 4.69) is 45.7 Å². The molecule has 0 aromatic heterocycles. The molecule has 1 heteroatoms. The molecule has 0 saturated heterocycles. The quantitative estimate of drug-likeness (QED) is 0.612. The van der Waals surface area contributed by atoms with Gasteiger partial charge < -0.3 is 5.73 Å². The fraction of sp³-hybridized carbons (Fsp3) is 0.600. The fourth-order valence-corrected chi connectivity index (χ4v) is 0.539. The van der Waals surface area contributed by atoms with Crippen LogP contribution in [0.2, 0.25) is 0 Å². The van der Waals surface area contributed by atoms with Crippen molar-refractivity contribution in [1.82, 2.24) is 0 Å². The summed E-state index contributed by atoms with van der Waals surface area (Å²) < 4.78 is 0. The lowest BCUT2D eigenvalue weighted by Gasteiger charge is -1.91. The molecule has 0 aliphatic carbocycles. The van der Waals surface area contributed by atoms with Crippen molar-refractivity contribution in [2.24, 2.45) is 5.73 Å². The SMILES string of the molecule is C/C=C(/C)CCC.C=C.CN. The Kier molecular flexibility index (Phi) is 34.7. The Morgan fingerprint density at radius 1 is 1.36 bits per heavy atom. The molecule has 0 aliphatic heterocycles. The lowest BCUT2D eigenvalue weighted by molar-refractivity contribution is 0.903. The molecule has 0 aromatic carbocycles. The highest BCUT2D eigenvalue weighted by Gasteiger charge is 1.79. The molecule has 0 spiro atoms. The van der Waals surface area contributed by atoms with E-state index in [1.54, 1.807) is 0 Å². The average molecular weight is 157 g/mol. The lowest BCUT2D eigenvalue weighted by Crippen LogP contribution is -1.70. The summed E-state index contributed by atoms with van der Waals surface area (Å²) in [6, 6.07) is 0. The molecule has 0 fully saturated rings. The molecule has 0 bridgehead atoms. The third-order valence-electron chi connectivity index (χ3n) is 1.14. The summed E-state index contributed by atoms with van der Waals surface area (Å²) in [6.07, 6.45) is 4.70. The second-order valence-electron chi connectivity index (χ2n) is 1.89. The molecule has 0 rings (SSSR count). The number of hydrogen-bond donors (Lipinski definition) is 1. The average Bonchev–Trinajstić information content (AvgIpc) is 2.12. The van der Waals surface area contributed by atoms with Crippen LogP contribution in [0, 0.1) is 0 Å². The first kappa shape index (κ1) is 16.8. The third-order valence-corrected chi connectivity index (χ3v) is 1.14. The highest BCUT2D eigenvalue weighted by atomic mass is 14.4. The zero-order valence-electron chi connectivity index (χ0n) is 8.48. The maximum atomic E-state index is 4.50. The van der Waals surface area contributed by atoms with Crippen LogP contribution >= 0.6 is 0 Å². The van der Waals surface area contributed by atoms with Crippen LogP contribution in [0.3, 0.4) is 0 Å². The van der Waals surface area contributed by atoms with Crippen molar-refractivity contribution in [2.75, 3.05) is 7.05 Å². The van der Waals surface area contributed by atoms with Gasteiger partial charge in [-0.15, -0.1) is 13.2 Å². The smallest absolute Gasteiger partial charge is 0.0195 e. The summed E-state index contributed by atoms with van der Waals surface area (Å²) >= 11 is 0. The van der Waals surface area contributed by atoms with Gasteiger partial charge in [0.25, 0.3) is 0 Å². The topological polar surface area (TPSA) is 26.0 Å². The molecule has 68 valence electrons. The van der Waals surface area contributed by atoms with E-state index in [4.69, 9.17) is 0 Å². The summed E-state index contributed by atoms with van der Waals surface area (Å²) in [4.78, 5) is 0. The maximum absolute atomic E-state index is 4.50. The number of allylic oxidation sites excluding steroid dienone is 2. The van der Waals surface area contributed by atoms with E-state index in [0.29, 0.717) is 0 Å². The molecule has 0 atom stereocenters. The molecule has 1 nitrogen and oxygen atoms in total. The lowest BCUT2D eigenvalue weighted by atomic mass is 10.2. The third kappa shape index (κ3) is 26.5. The Hall–Kier alpha value is -0.560. The molecule has 0 amide bonds. The van der Waals surface area contributed by atoms with E-state index >= 15 is 0 Å². The standard InChI is InChI=1S/C7H14.C2H4.CH5N/c1-4-6-7(3)5-2;2*1-2/h5H,4,6H2,1-3H3;1-2H2;2H2,1H3/b7-5-;;. The monoisotopic (exact) mass is 157 g/mol. The van der Waals surface area contributed by atoms with E-state index in [9.17, 15) is 0 Å². The van der Waals surface area contributed by atoms with Crippen LogP contribution in [0.4, 0.5) is 0 Å². The predicted octanol–water partition coefficient (Wildman–Crippen LogP) is 3.13. The van der Waals surface area contributed by atoms with Gasteiger partial charge in [0, 0.05) is 0 Å². The fourth-order valence-electron chi connectivity index (χ4n) is 0.539. The first-order chi connectivity index (χ1) is 5.31. The van der Waals surface area contributed by atoms with Crippen molar-refractivity contribution in [3.05, 3.63) is 24.8 Å².